The number of halogens is 2. The largest absolute Gasteiger partial charge is 0.490 e. The van der Waals surface area contributed by atoms with Gasteiger partial charge in [0.2, 0.25) is 0 Å². The zero-order valence-electron chi connectivity index (χ0n) is 9.61. The van der Waals surface area contributed by atoms with E-state index in [0.29, 0.717) is 29.0 Å². The number of ether oxygens (including phenoxy) is 2. The molecule has 0 aliphatic rings. The highest BCUT2D eigenvalue weighted by Crippen LogP contribution is 2.27. The maximum absolute atomic E-state index is 5.97. The third-order valence-electron chi connectivity index (χ3n) is 2.25. The van der Waals surface area contributed by atoms with E-state index in [0.717, 1.165) is 5.75 Å². The Morgan fingerprint density at radius 2 is 1.56 bits per heavy atom. The molecule has 0 fully saturated rings. The zero-order valence-corrected chi connectivity index (χ0v) is 11.1. The summed E-state index contributed by atoms with van der Waals surface area (Å²) in [5.74, 6) is 1.39. The van der Waals surface area contributed by atoms with Crippen molar-refractivity contribution >= 4 is 23.2 Å². The fraction of sp³-hybridized carbons (Fsp3) is 0.143. The lowest BCUT2D eigenvalue weighted by Crippen LogP contribution is -2.09. The minimum atomic E-state index is 0.412. The minimum absolute atomic E-state index is 0.412. The van der Waals surface area contributed by atoms with Crippen LogP contribution in [0.15, 0.2) is 48.5 Å². The smallest absolute Gasteiger partial charge is 0.139 e. The third-order valence-corrected chi connectivity index (χ3v) is 2.79. The third kappa shape index (κ3) is 3.83. The first kappa shape index (κ1) is 13.1. The van der Waals surface area contributed by atoms with Crippen LogP contribution in [-0.2, 0) is 0 Å². The Morgan fingerprint density at radius 1 is 0.833 bits per heavy atom. The van der Waals surface area contributed by atoms with Crippen molar-refractivity contribution in [2.45, 2.75) is 0 Å². The van der Waals surface area contributed by atoms with Crippen molar-refractivity contribution in [3.63, 3.8) is 0 Å². The molecule has 0 saturated carbocycles. The van der Waals surface area contributed by atoms with Crippen molar-refractivity contribution in [1.82, 2.24) is 0 Å². The summed E-state index contributed by atoms with van der Waals surface area (Å²) in [4.78, 5) is 0. The number of benzene rings is 2. The van der Waals surface area contributed by atoms with Crippen LogP contribution in [-0.4, -0.2) is 13.2 Å². The average Bonchev–Trinajstić information content (AvgIpc) is 2.40. The maximum atomic E-state index is 5.97. The molecule has 0 atom stereocenters. The fourth-order valence-electron chi connectivity index (χ4n) is 1.42. The summed E-state index contributed by atoms with van der Waals surface area (Å²) >= 11 is 11.8. The van der Waals surface area contributed by atoms with Crippen LogP contribution in [0.2, 0.25) is 10.0 Å². The van der Waals surface area contributed by atoms with Crippen molar-refractivity contribution < 1.29 is 9.47 Å². The van der Waals surface area contributed by atoms with Gasteiger partial charge in [-0.05, 0) is 24.3 Å². The molecular formula is C14H12Cl2O2. The van der Waals surface area contributed by atoms with Gasteiger partial charge in [0.1, 0.15) is 24.7 Å². The van der Waals surface area contributed by atoms with Gasteiger partial charge in [-0.15, -0.1) is 0 Å². The van der Waals surface area contributed by atoms with Crippen LogP contribution in [0.1, 0.15) is 0 Å². The van der Waals surface area contributed by atoms with Crippen molar-refractivity contribution in [2.75, 3.05) is 13.2 Å². The molecule has 0 bridgehead atoms. The Labute approximate surface area is 116 Å². The highest BCUT2D eigenvalue weighted by atomic mass is 35.5. The van der Waals surface area contributed by atoms with Crippen LogP contribution in [0.5, 0.6) is 11.5 Å². The highest BCUT2D eigenvalue weighted by Gasteiger charge is 2.02. The van der Waals surface area contributed by atoms with Gasteiger partial charge < -0.3 is 9.47 Å². The molecular weight excluding hydrogens is 271 g/mol. The van der Waals surface area contributed by atoms with Gasteiger partial charge in [0.05, 0.1) is 5.02 Å². The Balaban J connectivity index is 1.80. The number of para-hydroxylation sites is 1. The van der Waals surface area contributed by atoms with Gasteiger partial charge in [-0.3, -0.25) is 0 Å². The van der Waals surface area contributed by atoms with E-state index >= 15 is 0 Å². The lowest BCUT2D eigenvalue weighted by Gasteiger charge is -2.09. The van der Waals surface area contributed by atoms with Crippen LogP contribution >= 0.6 is 23.2 Å². The van der Waals surface area contributed by atoms with Gasteiger partial charge in [0, 0.05) is 11.1 Å². The molecule has 0 amide bonds. The molecule has 2 aromatic carbocycles. The molecule has 0 heterocycles. The molecule has 0 aromatic heterocycles. The predicted molar refractivity (Wildman–Crippen MR) is 73.9 cm³/mol. The quantitative estimate of drug-likeness (QED) is 0.755. The summed E-state index contributed by atoms with van der Waals surface area (Å²) in [6.45, 7) is 0.863. The molecule has 2 nitrogen and oxygen atoms in total. The Hall–Kier alpha value is -1.38. The molecule has 18 heavy (non-hydrogen) atoms. The zero-order chi connectivity index (χ0) is 12.8. The summed E-state index contributed by atoms with van der Waals surface area (Å²) in [6.07, 6.45) is 0. The van der Waals surface area contributed by atoms with E-state index in [1.165, 1.54) is 0 Å². The maximum Gasteiger partial charge on any atom is 0.139 e. The second kappa shape index (κ2) is 6.53. The monoisotopic (exact) mass is 282 g/mol. The van der Waals surface area contributed by atoms with Crippen LogP contribution in [0, 0.1) is 0 Å². The molecule has 2 rings (SSSR count). The van der Waals surface area contributed by atoms with E-state index in [4.69, 9.17) is 32.7 Å². The first-order valence-corrected chi connectivity index (χ1v) is 6.27. The molecule has 0 radical (unpaired) electrons. The Kier molecular flexibility index (Phi) is 4.73. The van der Waals surface area contributed by atoms with Crippen molar-refractivity contribution in [3.05, 3.63) is 58.6 Å². The molecule has 0 aliphatic heterocycles. The number of rotatable bonds is 5. The molecule has 2 aromatic rings. The van der Waals surface area contributed by atoms with Crippen molar-refractivity contribution in [1.29, 1.82) is 0 Å². The molecule has 0 spiro atoms. The van der Waals surface area contributed by atoms with Crippen molar-refractivity contribution in [2.24, 2.45) is 0 Å². The molecule has 4 heteroatoms. The van der Waals surface area contributed by atoms with Gasteiger partial charge in [-0.2, -0.15) is 0 Å². The molecule has 0 aliphatic carbocycles. The standard InChI is InChI=1S/C14H12Cl2O2/c15-11-6-7-13(16)14(10-11)18-9-8-17-12-4-2-1-3-5-12/h1-7,10H,8-9H2. The predicted octanol–water partition coefficient (Wildman–Crippen LogP) is 4.45. The van der Waals surface area contributed by atoms with Gasteiger partial charge in [-0.1, -0.05) is 41.4 Å². The second-order valence-electron chi connectivity index (χ2n) is 3.58. The van der Waals surface area contributed by atoms with E-state index in [-0.39, 0.29) is 0 Å². The SMILES string of the molecule is Clc1ccc(Cl)c(OCCOc2ccccc2)c1. The summed E-state index contributed by atoms with van der Waals surface area (Å²) in [6, 6.07) is 14.7. The van der Waals surface area contributed by atoms with E-state index < -0.39 is 0 Å². The summed E-state index contributed by atoms with van der Waals surface area (Å²) in [7, 11) is 0. The minimum Gasteiger partial charge on any atom is -0.490 e. The van der Waals surface area contributed by atoms with Gasteiger partial charge >= 0.3 is 0 Å². The lowest BCUT2D eigenvalue weighted by atomic mass is 10.3. The summed E-state index contributed by atoms with van der Waals surface area (Å²) in [5, 5.41) is 1.14. The van der Waals surface area contributed by atoms with Crippen LogP contribution in [0.3, 0.4) is 0 Å². The van der Waals surface area contributed by atoms with E-state index in [2.05, 4.69) is 0 Å². The highest BCUT2D eigenvalue weighted by molar-refractivity contribution is 6.34. The molecule has 94 valence electrons. The van der Waals surface area contributed by atoms with Crippen LogP contribution < -0.4 is 9.47 Å². The first-order valence-electron chi connectivity index (χ1n) is 5.51. The van der Waals surface area contributed by atoms with Gasteiger partial charge in [-0.25, -0.2) is 0 Å². The Morgan fingerprint density at radius 3 is 2.33 bits per heavy atom. The summed E-state index contributed by atoms with van der Waals surface area (Å²) < 4.78 is 11.0. The van der Waals surface area contributed by atoms with E-state index in [1.807, 2.05) is 30.3 Å². The summed E-state index contributed by atoms with van der Waals surface area (Å²) in [5.41, 5.74) is 0. The first-order chi connectivity index (χ1) is 8.75. The van der Waals surface area contributed by atoms with E-state index in [9.17, 15) is 0 Å². The number of hydrogen-bond acceptors (Lipinski definition) is 2. The van der Waals surface area contributed by atoms with Gasteiger partial charge in [0.25, 0.3) is 0 Å². The lowest BCUT2D eigenvalue weighted by molar-refractivity contribution is 0.217. The van der Waals surface area contributed by atoms with Crippen LogP contribution in [0.25, 0.3) is 0 Å². The van der Waals surface area contributed by atoms with Crippen LogP contribution in [0.4, 0.5) is 0 Å². The Bertz CT molecular complexity index is 500. The van der Waals surface area contributed by atoms with Crippen molar-refractivity contribution in [3.8, 4) is 11.5 Å². The number of hydrogen-bond donors (Lipinski definition) is 0. The fourth-order valence-corrected chi connectivity index (χ4v) is 1.75. The molecule has 0 N–H and O–H groups in total. The second-order valence-corrected chi connectivity index (χ2v) is 4.43. The molecule has 0 unspecified atom stereocenters. The van der Waals surface area contributed by atoms with E-state index in [1.54, 1.807) is 18.2 Å². The normalized spacial score (nSPS) is 10.1. The molecule has 0 saturated heterocycles. The topological polar surface area (TPSA) is 18.5 Å². The average molecular weight is 283 g/mol. The van der Waals surface area contributed by atoms with Gasteiger partial charge in [0.15, 0.2) is 0 Å².